The second-order valence-corrected chi connectivity index (χ2v) is 7.12. The van der Waals surface area contributed by atoms with Gasteiger partial charge in [0.05, 0.1) is 18.4 Å². The van der Waals surface area contributed by atoms with Crippen molar-refractivity contribution in [1.82, 2.24) is 4.31 Å². The zero-order chi connectivity index (χ0) is 15.2. The number of rotatable bonds is 7. The second-order valence-electron chi connectivity index (χ2n) is 4.77. The Morgan fingerprint density at radius 3 is 2.45 bits per heavy atom. The van der Waals surface area contributed by atoms with E-state index in [0.29, 0.717) is 0 Å². The van der Waals surface area contributed by atoms with Crippen LogP contribution < -0.4 is 0 Å². The highest BCUT2D eigenvalue weighted by Crippen LogP contribution is 2.14. The molecule has 4 nitrogen and oxygen atoms in total. The number of aryl methyl sites for hydroxylation is 1. The zero-order valence-electron chi connectivity index (χ0n) is 12.2. The minimum absolute atomic E-state index is 0.0598. The van der Waals surface area contributed by atoms with E-state index in [-0.39, 0.29) is 19.7 Å². The summed E-state index contributed by atoms with van der Waals surface area (Å²) in [5, 5.41) is -0.619. The molecule has 1 aromatic rings. The predicted octanol–water partition coefficient (Wildman–Crippen LogP) is 1.79. The molecule has 0 aliphatic heterocycles. The van der Waals surface area contributed by atoms with Crippen LogP contribution in [-0.4, -0.2) is 38.2 Å². The summed E-state index contributed by atoms with van der Waals surface area (Å²) in [6.07, 6.45) is 5.29. The average Bonchev–Trinajstić information content (AvgIpc) is 2.41. The summed E-state index contributed by atoms with van der Waals surface area (Å²) in [5.41, 5.74) is 2.05. The van der Waals surface area contributed by atoms with E-state index in [4.69, 9.17) is 11.2 Å². The first-order chi connectivity index (χ1) is 9.41. The van der Waals surface area contributed by atoms with Crippen LogP contribution in [0.1, 0.15) is 18.1 Å². The van der Waals surface area contributed by atoms with Gasteiger partial charge in [-0.15, -0.1) is 6.42 Å². The fourth-order valence-electron chi connectivity index (χ4n) is 1.81. The van der Waals surface area contributed by atoms with Crippen molar-refractivity contribution in [2.24, 2.45) is 0 Å². The smallest absolute Gasteiger partial charge is 0.220 e. The molecule has 5 heteroatoms. The number of hydrogen-bond donors (Lipinski definition) is 0. The number of ether oxygens (including phenoxy) is 1. The molecule has 0 heterocycles. The number of sulfonamides is 1. The van der Waals surface area contributed by atoms with E-state index in [1.165, 1.54) is 11.4 Å². The molecule has 0 aromatic heterocycles. The molecule has 0 amide bonds. The highest BCUT2D eigenvalue weighted by atomic mass is 32.2. The number of terminal acetylenes is 1. The highest BCUT2D eigenvalue weighted by Gasteiger charge is 2.28. The van der Waals surface area contributed by atoms with Crippen LogP contribution >= 0.6 is 0 Å². The fraction of sp³-hybridized carbons (Fsp3) is 0.467. The molecular weight excluding hydrogens is 274 g/mol. The van der Waals surface area contributed by atoms with Crippen LogP contribution in [0.25, 0.3) is 0 Å². The SMILES string of the molecule is C#CCN(Cc1ccc(C)cc1)S(=O)(=O)[C@@H](C)COC. The number of methoxy groups -OCH3 is 1. The Morgan fingerprint density at radius 2 is 1.95 bits per heavy atom. The molecule has 20 heavy (non-hydrogen) atoms. The Kier molecular flexibility index (Phi) is 6.21. The third-order valence-corrected chi connectivity index (χ3v) is 5.15. The van der Waals surface area contributed by atoms with Crippen molar-refractivity contribution < 1.29 is 13.2 Å². The van der Waals surface area contributed by atoms with Gasteiger partial charge in [0, 0.05) is 13.7 Å². The van der Waals surface area contributed by atoms with Crippen LogP contribution in [0.3, 0.4) is 0 Å². The summed E-state index contributed by atoms with van der Waals surface area (Å²) in [4.78, 5) is 0. The predicted molar refractivity (Wildman–Crippen MR) is 80.7 cm³/mol. The molecule has 0 bridgehead atoms. The lowest BCUT2D eigenvalue weighted by atomic mass is 10.1. The van der Waals surface area contributed by atoms with E-state index >= 15 is 0 Å². The lowest BCUT2D eigenvalue weighted by Gasteiger charge is -2.23. The molecule has 0 radical (unpaired) electrons. The molecule has 0 aliphatic rings. The van der Waals surface area contributed by atoms with Crippen LogP contribution in [0.4, 0.5) is 0 Å². The van der Waals surface area contributed by atoms with E-state index < -0.39 is 15.3 Å². The number of benzene rings is 1. The first-order valence-electron chi connectivity index (χ1n) is 6.38. The van der Waals surface area contributed by atoms with Gasteiger partial charge in [0.25, 0.3) is 0 Å². The van der Waals surface area contributed by atoms with Gasteiger partial charge in [-0.1, -0.05) is 35.7 Å². The molecule has 0 aliphatic carbocycles. The van der Waals surface area contributed by atoms with Crippen molar-refractivity contribution in [2.75, 3.05) is 20.3 Å². The Morgan fingerprint density at radius 1 is 1.35 bits per heavy atom. The van der Waals surface area contributed by atoms with Crippen LogP contribution in [0.5, 0.6) is 0 Å². The minimum atomic E-state index is -3.47. The standard InChI is InChI=1S/C15H21NO3S/c1-5-10-16(20(17,18)14(3)12-19-4)11-15-8-6-13(2)7-9-15/h1,6-9,14H,10-12H2,2-4H3/t14-/m0/s1. The molecule has 0 fully saturated rings. The van der Waals surface area contributed by atoms with Crippen molar-refractivity contribution in [3.05, 3.63) is 35.4 Å². The van der Waals surface area contributed by atoms with Crippen molar-refractivity contribution in [3.63, 3.8) is 0 Å². The van der Waals surface area contributed by atoms with Gasteiger partial charge in [0.2, 0.25) is 10.0 Å². The van der Waals surface area contributed by atoms with E-state index in [2.05, 4.69) is 5.92 Å². The van der Waals surface area contributed by atoms with Gasteiger partial charge < -0.3 is 4.74 Å². The minimum Gasteiger partial charge on any atom is -0.383 e. The lowest BCUT2D eigenvalue weighted by molar-refractivity contribution is 0.198. The van der Waals surface area contributed by atoms with Crippen LogP contribution in [-0.2, 0) is 21.3 Å². The summed E-state index contributed by atoms with van der Waals surface area (Å²) >= 11 is 0. The van der Waals surface area contributed by atoms with Crippen LogP contribution in [0.2, 0.25) is 0 Å². The molecule has 0 saturated carbocycles. The van der Waals surface area contributed by atoms with Crippen molar-refractivity contribution in [1.29, 1.82) is 0 Å². The maximum atomic E-state index is 12.4. The molecule has 0 unspecified atom stereocenters. The molecule has 1 rings (SSSR count). The quantitative estimate of drug-likeness (QED) is 0.721. The van der Waals surface area contributed by atoms with Crippen LogP contribution in [0.15, 0.2) is 24.3 Å². The van der Waals surface area contributed by atoms with Gasteiger partial charge in [-0.25, -0.2) is 8.42 Å². The molecule has 0 saturated heterocycles. The van der Waals surface area contributed by atoms with Gasteiger partial charge >= 0.3 is 0 Å². The first-order valence-corrected chi connectivity index (χ1v) is 7.89. The van der Waals surface area contributed by atoms with Crippen molar-refractivity contribution in [2.45, 2.75) is 25.6 Å². The summed E-state index contributed by atoms with van der Waals surface area (Å²) in [5.74, 6) is 2.41. The Labute approximate surface area is 121 Å². The van der Waals surface area contributed by atoms with Gasteiger partial charge in [0.1, 0.15) is 0 Å². The average molecular weight is 295 g/mol. The fourth-order valence-corrected chi connectivity index (χ4v) is 3.21. The number of nitrogens with zero attached hydrogens (tertiary/aromatic N) is 1. The van der Waals surface area contributed by atoms with Gasteiger partial charge in [0.15, 0.2) is 0 Å². The Hall–Kier alpha value is -1.35. The van der Waals surface area contributed by atoms with Crippen molar-refractivity contribution >= 4 is 10.0 Å². The summed E-state index contributed by atoms with van der Waals surface area (Å²) < 4.78 is 31.1. The molecule has 0 spiro atoms. The lowest BCUT2D eigenvalue weighted by Crippen LogP contribution is -2.39. The molecule has 110 valence electrons. The highest BCUT2D eigenvalue weighted by molar-refractivity contribution is 7.89. The normalized spacial score (nSPS) is 13.2. The van der Waals surface area contributed by atoms with E-state index in [1.54, 1.807) is 6.92 Å². The summed E-state index contributed by atoms with van der Waals surface area (Å²) in [6.45, 7) is 4.10. The Bertz CT molecular complexity index is 558. The molecule has 1 aromatic carbocycles. The third kappa shape index (κ3) is 4.34. The third-order valence-electron chi connectivity index (χ3n) is 3.02. The van der Waals surface area contributed by atoms with E-state index in [0.717, 1.165) is 11.1 Å². The molecule has 0 N–H and O–H groups in total. The number of hydrogen-bond acceptors (Lipinski definition) is 3. The monoisotopic (exact) mass is 295 g/mol. The topological polar surface area (TPSA) is 46.6 Å². The van der Waals surface area contributed by atoms with Crippen molar-refractivity contribution in [3.8, 4) is 12.3 Å². The van der Waals surface area contributed by atoms with E-state index in [1.807, 2.05) is 31.2 Å². The van der Waals surface area contributed by atoms with Crippen LogP contribution in [0, 0.1) is 19.3 Å². The van der Waals surface area contributed by atoms with E-state index in [9.17, 15) is 8.42 Å². The first kappa shape index (κ1) is 16.7. The second kappa shape index (κ2) is 7.44. The molecule has 1 atom stereocenters. The maximum Gasteiger partial charge on any atom is 0.220 e. The maximum absolute atomic E-state index is 12.4. The van der Waals surface area contributed by atoms with Gasteiger partial charge in [-0.3, -0.25) is 0 Å². The molecular formula is C15H21NO3S. The van der Waals surface area contributed by atoms with Gasteiger partial charge in [-0.2, -0.15) is 4.31 Å². The van der Waals surface area contributed by atoms with Gasteiger partial charge in [-0.05, 0) is 19.4 Å². The summed E-state index contributed by atoms with van der Waals surface area (Å²) in [6, 6.07) is 7.73. The summed E-state index contributed by atoms with van der Waals surface area (Å²) in [7, 11) is -1.98. The Balaban J connectivity index is 2.94. The largest absolute Gasteiger partial charge is 0.383 e. The zero-order valence-corrected chi connectivity index (χ0v) is 13.0.